The zero-order valence-electron chi connectivity index (χ0n) is 20.0. The molecular weight excluding hydrogens is 460 g/mol. The Morgan fingerprint density at radius 2 is 1.50 bits per heavy atom. The highest BCUT2D eigenvalue weighted by Gasteiger charge is 2.31. The van der Waals surface area contributed by atoms with E-state index in [1.165, 1.54) is 18.7 Å². The van der Waals surface area contributed by atoms with Gasteiger partial charge in [0.1, 0.15) is 24.2 Å². The van der Waals surface area contributed by atoms with Crippen molar-refractivity contribution in [2.45, 2.75) is 63.9 Å². The first-order valence-corrected chi connectivity index (χ1v) is 12.5. The molecule has 0 spiro atoms. The fraction of sp³-hybridized carbons (Fsp3) is 0.565. The van der Waals surface area contributed by atoms with Crippen molar-refractivity contribution >= 4 is 35.5 Å². The summed E-state index contributed by atoms with van der Waals surface area (Å²) in [5, 5.41) is 26.7. The Morgan fingerprint density at radius 3 is 2.00 bits per heavy atom. The zero-order valence-corrected chi connectivity index (χ0v) is 20.8. The highest BCUT2D eigenvalue weighted by Crippen LogP contribution is 2.08. The molecule has 0 radical (unpaired) electrons. The van der Waals surface area contributed by atoms with Gasteiger partial charge in [-0.3, -0.25) is 14.4 Å². The number of hydrogen-bond donors (Lipinski definition) is 6. The van der Waals surface area contributed by atoms with Crippen LogP contribution in [0.4, 0.5) is 0 Å². The van der Waals surface area contributed by atoms with Gasteiger partial charge in [0.15, 0.2) is 0 Å². The van der Waals surface area contributed by atoms with Crippen molar-refractivity contribution < 1.29 is 29.4 Å². The van der Waals surface area contributed by atoms with Crippen LogP contribution in [0.3, 0.4) is 0 Å². The molecule has 5 atom stereocenters. The average molecular weight is 497 g/mol. The Hall–Kier alpha value is -2.63. The molecular formula is C23H36N4O6S. The molecule has 3 amide bonds. The van der Waals surface area contributed by atoms with E-state index in [4.69, 9.17) is 5.73 Å². The second kappa shape index (κ2) is 14.6. The highest BCUT2D eigenvalue weighted by molar-refractivity contribution is 7.98. The maximum atomic E-state index is 13.2. The smallest absolute Gasteiger partial charge is 0.326 e. The Balaban J connectivity index is 3.08. The molecule has 34 heavy (non-hydrogen) atoms. The van der Waals surface area contributed by atoms with Crippen LogP contribution in [0.5, 0.6) is 0 Å². The number of nitrogens with two attached hydrogens (primary N) is 1. The van der Waals surface area contributed by atoms with Crippen LogP contribution in [0.25, 0.3) is 0 Å². The fourth-order valence-corrected chi connectivity index (χ4v) is 3.56. The highest BCUT2D eigenvalue weighted by atomic mass is 32.2. The van der Waals surface area contributed by atoms with Gasteiger partial charge in [-0.1, -0.05) is 44.2 Å². The summed E-state index contributed by atoms with van der Waals surface area (Å²) >= 11 is 1.47. The van der Waals surface area contributed by atoms with Crippen LogP contribution < -0.4 is 21.7 Å². The van der Waals surface area contributed by atoms with Crippen molar-refractivity contribution in [2.75, 3.05) is 12.0 Å². The van der Waals surface area contributed by atoms with Gasteiger partial charge in [0.2, 0.25) is 17.7 Å². The van der Waals surface area contributed by atoms with E-state index in [9.17, 15) is 29.4 Å². The second-order valence-electron chi connectivity index (χ2n) is 8.43. The number of carbonyl (C=O) groups excluding carboxylic acids is 3. The largest absolute Gasteiger partial charge is 0.480 e. The lowest BCUT2D eigenvalue weighted by Gasteiger charge is -2.26. The lowest BCUT2D eigenvalue weighted by molar-refractivity contribution is -0.143. The number of carboxylic acid groups (broad SMARTS) is 1. The molecule has 0 saturated heterocycles. The first kappa shape index (κ1) is 29.4. The monoisotopic (exact) mass is 496 g/mol. The van der Waals surface area contributed by atoms with E-state index in [1.54, 1.807) is 38.1 Å². The number of carbonyl (C=O) groups is 4. The first-order valence-electron chi connectivity index (χ1n) is 11.1. The SMILES string of the molecule is CSCCC(NC(=O)C(Cc1ccccc1)NC(=O)C(N)C(C)O)C(=O)NC(C(=O)O)C(C)C. The summed E-state index contributed by atoms with van der Waals surface area (Å²) < 4.78 is 0. The Bertz CT molecular complexity index is 821. The number of hydrogen-bond acceptors (Lipinski definition) is 7. The third kappa shape index (κ3) is 9.70. The quantitative estimate of drug-likeness (QED) is 0.207. The molecule has 10 nitrogen and oxygen atoms in total. The van der Waals surface area contributed by atoms with Gasteiger partial charge in [0.25, 0.3) is 0 Å². The second-order valence-corrected chi connectivity index (χ2v) is 9.41. The third-order valence-corrected chi connectivity index (χ3v) is 5.86. The molecule has 7 N–H and O–H groups in total. The van der Waals surface area contributed by atoms with Crippen molar-refractivity contribution in [2.24, 2.45) is 11.7 Å². The van der Waals surface area contributed by atoms with Gasteiger partial charge < -0.3 is 31.9 Å². The van der Waals surface area contributed by atoms with Gasteiger partial charge in [-0.25, -0.2) is 4.79 Å². The Kier molecular flexibility index (Phi) is 12.6. The van der Waals surface area contributed by atoms with Gasteiger partial charge in [0.05, 0.1) is 6.10 Å². The minimum atomic E-state index is -1.23. The summed E-state index contributed by atoms with van der Waals surface area (Å²) in [4.78, 5) is 50.0. The molecule has 0 fully saturated rings. The van der Waals surface area contributed by atoms with E-state index in [2.05, 4.69) is 16.0 Å². The molecule has 11 heteroatoms. The molecule has 0 aromatic heterocycles. The van der Waals surface area contributed by atoms with Gasteiger partial charge in [-0.05, 0) is 36.8 Å². The maximum absolute atomic E-state index is 13.2. The van der Waals surface area contributed by atoms with Gasteiger partial charge in [-0.15, -0.1) is 0 Å². The number of aliphatic carboxylic acids is 1. The minimum Gasteiger partial charge on any atom is -0.480 e. The summed E-state index contributed by atoms with van der Waals surface area (Å²) in [5.41, 5.74) is 6.48. The third-order valence-electron chi connectivity index (χ3n) is 5.21. The van der Waals surface area contributed by atoms with E-state index in [-0.39, 0.29) is 18.8 Å². The molecule has 1 aromatic carbocycles. The maximum Gasteiger partial charge on any atom is 0.326 e. The number of aliphatic hydroxyl groups is 1. The van der Waals surface area contributed by atoms with Gasteiger partial charge in [0, 0.05) is 6.42 Å². The van der Waals surface area contributed by atoms with Crippen molar-refractivity contribution in [3.63, 3.8) is 0 Å². The van der Waals surface area contributed by atoms with Crippen LogP contribution in [0.1, 0.15) is 32.8 Å². The molecule has 0 aliphatic rings. The lowest BCUT2D eigenvalue weighted by atomic mass is 10.0. The average Bonchev–Trinajstić information content (AvgIpc) is 2.78. The van der Waals surface area contributed by atoms with E-state index >= 15 is 0 Å². The summed E-state index contributed by atoms with van der Waals surface area (Å²) in [6.45, 7) is 4.71. The molecule has 1 aromatic rings. The molecule has 5 unspecified atom stereocenters. The van der Waals surface area contributed by atoms with Gasteiger partial charge >= 0.3 is 5.97 Å². The number of aliphatic hydroxyl groups excluding tert-OH is 1. The minimum absolute atomic E-state index is 0.131. The zero-order chi connectivity index (χ0) is 25.8. The van der Waals surface area contributed by atoms with Crippen LogP contribution >= 0.6 is 11.8 Å². The lowest BCUT2D eigenvalue weighted by Crippen LogP contribution is -2.59. The van der Waals surface area contributed by atoms with Crippen molar-refractivity contribution in [3.05, 3.63) is 35.9 Å². The number of carboxylic acids is 1. The van der Waals surface area contributed by atoms with Gasteiger partial charge in [-0.2, -0.15) is 11.8 Å². The molecule has 0 bridgehead atoms. The first-order chi connectivity index (χ1) is 16.0. The summed E-state index contributed by atoms with van der Waals surface area (Å²) in [5.74, 6) is -2.92. The summed E-state index contributed by atoms with van der Waals surface area (Å²) in [7, 11) is 0. The number of amides is 3. The topological polar surface area (TPSA) is 171 Å². The predicted molar refractivity (Wildman–Crippen MR) is 131 cm³/mol. The number of thioether (sulfide) groups is 1. The standard InChI is InChI=1S/C23H36N4O6S/c1-13(2)19(23(32)33)27-20(29)16(10-11-34-4)25-21(30)17(12-15-8-6-5-7-9-15)26-22(31)18(24)14(3)28/h5-9,13-14,16-19,28H,10-12,24H2,1-4H3,(H,25,30)(H,26,31)(H,27,29)(H,32,33). The molecule has 0 aliphatic heterocycles. The molecule has 0 heterocycles. The Labute approximate surface area is 204 Å². The number of benzene rings is 1. The number of rotatable bonds is 14. The molecule has 1 rings (SSSR count). The molecule has 0 aliphatic carbocycles. The fourth-order valence-electron chi connectivity index (χ4n) is 3.09. The predicted octanol–water partition coefficient (Wildman–Crippen LogP) is -0.115. The van der Waals surface area contributed by atoms with E-state index in [1.807, 2.05) is 12.3 Å². The molecule has 190 valence electrons. The number of nitrogens with one attached hydrogen (secondary N) is 3. The van der Waals surface area contributed by atoms with E-state index in [0.717, 1.165) is 5.56 Å². The molecule has 0 saturated carbocycles. The van der Waals surface area contributed by atoms with Crippen molar-refractivity contribution in [1.82, 2.24) is 16.0 Å². The summed E-state index contributed by atoms with van der Waals surface area (Å²) in [6, 6.07) is 4.58. The van der Waals surface area contributed by atoms with Crippen LogP contribution in [0, 0.1) is 5.92 Å². The van der Waals surface area contributed by atoms with Crippen LogP contribution in [-0.2, 0) is 25.6 Å². The van der Waals surface area contributed by atoms with E-state index < -0.39 is 54.0 Å². The summed E-state index contributed by atoms with van der Waals surface area (Å²) in [6.07, 6.45) is 1.12. The Morgan fingerprint density at radius 1 is 0.941 bits per heavy atom. The van der Waals surface area contributed by atoms with Crippen LogP contribution in [0.15, 0.2) is 30.3 Å². The van der Waals surface area contributed by atoms with Crippen molar-refractivity contribution in [1.29, 1.82) is 0 Å². The van der Waals surface area contributed by atoms with E-state index in [0.29, 0.717) is 5.75 Å². The van der Waals surface area contributed by atoms with Crippen molar-refractivity contribution in [3.8, 4) is 0 Å². The van der Waals surface area contributed by atoms with Crippen LogP contribution in [-0.4, -0.2) is 76.2 Å². The van der Waals surface area contributed by atoms with Crippen LogP contribution in [0.2, 0.25) is 0 Å². The normalized spacial score (nSPS) is 15.5.